The highest BCUT2D eigenvalue weighted by Crippen LogP contribution is 2.24. The lowest BCUT2D eigenvalue weighted by Crippen LogP contribution is -2.13. The Bertz CT molecular complexity index is 573. The van der Waals surface area contributed by atoms with E-state index in [0.717, 1.165) is 10.6 Å². The monoisotopic (exact) mass is 312 g/mol. The van der Waals surface area contributed by atoms with E-state index in [1.165, 1.54) is 23.1 Å². The number of thioether (sulfide) groups is 2. The minimum Gasteiger partial charge on any atom is -0.374 e. The summed E-state index contributed by atoms with van der Waals surface area (Å²) in [5, 5.41) is 10.8. The van der Waals surface area contributed by atoms with E-state index < -0.39 is 0 Å². The molecule has 0 radical (unpaired) electrons. The maximum atomic E-state index is 11.8. The summed E-state index contributed by atoms with van der Waals surface area (Å²) in [5.41, 5.74) is 6.27. The molecule has 0 atom stereocenters. The van der Waals surface area contributed by atoms with Crippen molar-refractivity contribution < 1.29 is 4.79 Å². The van der Waals surface area contributed by atoms with Crippen molar-refractivity contribution in [1.29, 1.82) is 0 Å². The van der Waals surface area contributed by atoms with Gasteiger partial charge in [0.1, 0.15) is 0 Å². The second kappa shape index (κ2) is 6.78. The van der Waals surface area contributed by atoms with Crippen LogP contribution in [0, 0.1) is 0 Å². The van der Waals surface area contributed by atoms with E-state index in [2.05, 4.69) is 15.5 Å². The number of carbonyl (C=O) groups excluding carboxylic acids is 1. The number of rotatable bonds is 5. The normalized spacial score (nSPS) is 10.4. The fourth-order valence-electron chi connectivity index (χ4n) is 1.30. The lowest BCUT2D eigenvalue weighted by Gasteiger charge is -2.05. The van der Waals surface area contributed by atoms with Gasteiger partial charge in [0.05, 0.1) is 5.75 Å². The first-order chi connectivity index (χ1) is 9.17. The van der Waals surface area contributed by atoms with Crippen LogP contribution in [0.4, 0.5) is 10.8 Å². The van der Waals surface area contributed by atoms with Gasteiger partial charge in [-0.15, -0.1) is 22.0 Å². The van der Waals surface area contributed by atoms with Crippen LogP contribution in [-0.4, -0.2) is 28.1 Å². The Hall–Kier alpha value is -1.25. The van der Waals surface area contributed by atoms with Crippen molar-refractivity contribution in [2.24, 2.45) is 0 Å². The molecule has 5 nitrogen and oxygen atoms in total. The summed E-state index contributed by atoms with van der Waals surface area (Å²) in [6, 6.07) is 7.72. The first-order valence-electron chi connectivity index (χ1n) is 5.33. The van der Waals surface area contributed by atoms with E-state index >= 15 is 0 Å². The van der Waals surface area contributed by atoms with E-state index in [9.17, 15) is 4.79 Å². The third-order valence-corrected chi connectivity index (χ3v) is 4.71. The van der Waals surface area contributed by atoms with Crippen molar-refractivity contribution in [3.8, 4) is 0 Å². The topological polar surface area (TPSA) is 80.9 Å². The highest BCUT2D eigenvalue weighted by atomic mass is 32.2. The molecule has 19 heavy (non-hydrogen) atoms. The second-order valence-electron chi connectivity index (χ2n) is 3.48. The Kier molecular flexibility index (Phi) is 5.06. The molecule has 0 unspecified atom stereocenters. The summed E-state index contributed by atoms with van der Waals surface area (Å²) in [6.07, 6.45) is 2.00. The van der Waals surface area contributed by atoms with Gasteiger partial charge in [0, 0.05) is 10.6 Å². The van der Waals surface area contributed by atoms with E-state index in [4.69, 9.17) is 5.73 Å². The van der Waals surface area contributed by atoms with Crippen LogP contribution in [0.1, 0.15) is 0 Å². The Morgan fingerprint density at radius 1 is 1.47 bits per heavy atom. The number of nitrogen functional groups attached to an aromatic ring is 1. The molecule has 0 aliphatic rings. The summed E-state index contributed by atoms with van der Waals surface area (Å²) in [6.45, 7) is 0. The minimum atomic E-state index is -0.0722. The number of anilines is 2. The summed E-state index contributed by atoms with van der Waals surface area (Å²) in [7, 11) is 0. The van der Waals surface area contributed by atoms with Crippen molar-refractivity contribution in [3.05, 3.63) is 24.3 Å². The lowest BCUT2D eigenvalue weighted by atomic mass is 10.3. The predicted octanol–water partition coefficient (Wildman–Crippen LogP) is 2.57. The van der Waals surface area contributed by atoms with Gasteiger partial charge in [-0.2, -0.15) is 0 Å². The molecule has 1 amide bonds. The zero-order valence-electron chi connectivity index (χ0n) is 10.1. The third-order valence-electron chi connectivity index (χ3n) is 2.10. The molecule has 1 aromatic heterocycles. The van der Waals surface area contributed by atoms with Crippen molar-refractivity contribution in [3.63, 3.8) is 0 Å². The molecule has 2 rings (SSSR count). The fourth-order valence-corrected chi connectivity index (χ4v) is 3.20. The molecule has 0 fully saturated rings. The summed E-state index contributed by atoms with van der Waals surface area (Å²) in [5.74, 6) is 0.218. The number of nitrogens with zero attached hydrogens (tertiary/aromatic N) is 2. The zero-order chi connectivity index (χ0) is 13.7. The Labute approximate surface area is 123 Å². The number of hydrogen-bond acceptors (Lipinski definition) is 7. The standard InChI is InChI=1S/C11H12N4OS3/c1-17-8-4-2-3-7(5-8)13-9(16)6-18-11-15-14-10(12)19-11/h2-5H,6H2,1H3,(H2,12,14)(H,13,16). The molecule has 0 saturated carbocycles. The summed E-state index contributed by atoms with van der Waals surface area (Å²) < 4.78 is 0.700. The van der Waals surface area contributed by atoms with Crippen LogP contribution in [0.5, 0.6) is 0 Å². The van der Waals surface area contributed by atoms with Gasteiger partial charge >= 0.3 is 0 Å². The van der Waals surface area contributed by atoms with E-state index in [1.807, 2.05) is 30.5 Å². The molecule has 100 valence electrons. The number of aromatic nitrogens is 2. The molecular formula is C11H12N4OS3. The molecule has 1 aromatic carbocycles. The van der Waals surface area contributed by atoms with Crippen molar-refractivity contribution in [2.45, 2.75) is 9.24 Å². The molecule has 8 heteroatoms. The lowest BCUT2D eigenvalue weighted by molar-refractivity contribution is -0.113. The number of nitrogens with two attached hydrogens (primary N) is 1. The average Bonchev–Trinajstić information content (AvgIpc) is 2.82. The predicted molar refractivity (Wildman–Crippen MR) is 81.9 cm³/mol. The van der Waals surface area contributed by atoms with E-state index in [-0.39, 0.29) is 11.7 Å². The van der Waals surface area contributed by atoms with Gasteiger partial charge in [0.25, 0.3) is 0 Å². The van der Waals surface area contributed by atoms with Gasteiger partial charge in [-0.3, -0.25) is 4.79 Å². The second-order valence-corrected chi connectivity index (χ2v) is 6.59. The minimum absolute atomic E-state index is 0.0722. The Balaban J connectivity index is 1.86. The van der Waals surface area contributed by atoms with Gasteiger partial charge in [0.2, 0.25) is 11.0 Å². The third kappa shape index (κ3) is 4.41. The van der Waals surface area contributed by atoms with Gasteiger partial charge in [-0.25, -0.2) is 0 Å². The molecule has 0 aliphatic carbocycles. The van der Waals surface area contributed by atoms with Crippen molar-refractivity contribution >= 4 is 51.6 Å². The van der Waals surface area contributed by atoms with Crippen molar-refractivity contribution in [2.75, 3.05) is 23.1 Å². The largest absolute Gasteiger partial charge is 0.374 e. The Morgan fingerprint density at radius 2 is 2.32 bits per heavy atom. The number of amides is 1. The molecule has 0 aliphatic heterocycles. The van der Waals surface area contributed by atoms with Gasteiger partial charge in [-0.1, -0.05) is 29.2 Å². The first-order valence-corrected chi connectivity index (χ1v) is 8.36. The van der Waals surface area contributed by atoms with Crippen LogP contribution in [0.3, 0.4) is 0 Å². The van der Waals surface area contributed by atoms with Crippen LogP contribution in [0.25, 0.3) is 0 Å². The number of carbonyl (C=O) groups is 1. The van der Waals surface area contributed by atoms with Crippen LogP contribution in [-0.2, 0) is 4.79 Å². The SMILES string of the molecule is CSc1cccc(NC(=O)CSc2nnc(N)s2)c1. The first kappa shape index (κ1) is 14.2. The molecule has 0 saturated heterocycles. The highest BCUT2D eigenvalue weighted by molar-refractivity contribution is 8.01. The zero-order valence-corrected chi connectivity index (χ0v) is 12.6. The number of hydrogen-bond donors (Lipinski definition) is 2. The smallest absolute Gasteiger partial charge is 0.234 e. The maximum absolute atomic E-state index is 11.8. The molecule has 3 N–H and O–H groups in total. The van der Waals surface area contributed by atoms with Crippen LogP contribution >= 0.6 is 34.9 Å². The number of benzene rings is 1. The maximum Gasteiger partial charge on any atom is 0.234 e. The quantitative estimate of drug-likeness (QED) is 0.826. The van der Waals surface area contributed by atoms with Crippen molar-refractivity contribution in [1.82, 2.24) is 10.2 Å². The van der Waals surface area contributed by atoms with Gasteiger partial charge in [-0.05, 0) is 24.5 Å². The highest BCUT2D eigenvalue weighted by Gasteiger charge is 2.07. The van der Waals surface area contributed by atoms with Crippen LogP contribution in [0.2, 0.25) is 0 Å². The van der Waals surface area contributed by atoms with Gasteiger partial charge in [0.15, 0.2) is 4.34 Å². The fraction of sp³-hybridized carbons (Fsp3) is 0.182. The molecule has 2 aromatic rings. The van der Waals surface area contributed by atoms with Crippen LogP contribution < -0.4 is 11.1 Å². The van der Waals surface area contributed by atoms with E-state index in [1.54, 1.807) is 11.8 Å². The molecule has 0 spiro atoms. The summed E-state index contributed by atoms with van der Waals surface area (Å²) >= 11 is 4.24. The molecule has 1 heterocycles. The Morgan fingerprint density at radius 3 is 3.00 bits per heavy atom. The molecular weight excluding hydrogens is 300 g/mol. The summed E-state index contributed by atoms with van der Waals surface area (Å²) in [4.78, 5) is 12.9. The molecule has 0 bridgehead atoms. The average molecular weight is 312 g/mol. The van der Waals surface area contributed by atoms with E-state index in [0.29, 0.717) is 9.47 Å². The van der Waals surface area contributed by atoms with Crippen LogP contribution in [0.15, 0.2) is 33.5 Å². The number of nitrogens with one attached hydrogen (secondary N) is 1. The van der Waals surface area contributed by atoms with Gasteiger partial charge < -0.3 is 11.1 Å².